The fourth-order valence-electron chi connectivity index (χ4n) is 2.92. The molecule has 0 unspecified atom stereocenters. The van der Waals surface area contributed by atoms with Gasteiger partial charge in [-0.3, -0.25) is 0 Å². The molecule has 181 valence electrons. The smallest absolute Gasteiger partial charge is 0.142 e. The summed E-state index contributed by atoms with van der Waals surface area (Å²) in [6.45, 7) is 10.4. The van der Waals surface area contributed by atoms with Crippen LogP contribution in [-0.4, -0.2) is 49.2 Å². The summed E-state index contributed by atoms with van der Waals surface area (Å²) in [5.74, 6) is -3.82. The summed E-state index contributed by atoms with van der Waals surface area (Å²) in [5, 5.41) is 30.6. The minimum absolute atomic E-state index is 0.436. The Morgan fingerprint density at radius 3 is 2.12 bits per heavy atom. The molecule has 1 amide bonds. The number of carboxylic acid groups (broad SMARTS) is 3. The van der Waals surface area contributed by atoms with E-state index in [9.17, 15) is 9.90 Å². The number of carboxylic acids is 2. The van der Waals surface area contributed by atoms with E-state index in [-0.39, 0.29) is 0 Å². The molecule has 1 heterocycles. The summed E-state index contributed by atoms with van der Waals surface area (Å²) in [7, 11) is 0. The molecule has 0 saturated carbocycles. The molecular weight excluding hydrogens is 416 g/mol. The molecular formula is C23H34N2O7-3. The Labute approximate surface area is 190 Å². The summed E-state index contributed by atoms with van der Waals surface area (Å²) in [6, 6.07) is 6.96. The molecule has 1 saturated heterocycles. The van der Waals surface area contributed by atoms with Gasteiger partial charge in [-0.25, -0.2) is 0 Å². The highest BCUT2D eigenvalue weighted by Crippen LogP contribution is 2.23. The molecule has 1 fully saturated rings. The molecule has 1 radical (unpaired) electrons. The number of amides is 1. The first kappa shape index (κ1) is 29.2. The summed E-state index contributed by atoms with van der Waals surface area (Å²) < 4.78 is 5.56. The van der Waals surface area contributed by atoms with Crippen LogP contribution in [0.4, 0.5) is 10.5 Å². The second-order valence-corrected chi connectivity index (χ2v) is 7.15. The van der Waals surface area contributed by atoms with Crippen LogP contribution in [0.15, 0.2) is 24.3 Å². The zero-order chi connectivity index (χ0) is 24.2. The van der Waals surface area contributed by atoms with E-state index in [0.29, 0.717) is 18.0 Å². The van der Waals surface area contributed by atoms with Crippen molar-refractivity contribution in [3.8, 4) is 5.75 Å². The SMILES string of the molecule is CCCCCCCOc1ccccc1NC(=O)[O-].O=C([O-])C(=O)[O-].[CH2]CCN1CCCC1. The number of ether oxygens (including phenoxy) is 1. The largest absolute Gasteiger partial charge is 0.543 e. The van der Waals surface area contributed by atoms with Gasteiger partial charge < -0.3 is 44.7 Å². The standard InChI is InChI=1S/C14H21NO3.C7H14N.C2H2O4/c1-2-3-4-5-8-11-18-13-10-7-6-9-12(13)15-14(16)17;1-2-5-8-6-3-4-7-8;3-1(4)2(5)6/h6-7,9-10,15H,2-5,8,11H2,1H3,(H,16,17);1-7H2;(H,3,4)(H,5,6)/p-3. The van der Waals surface area contributed by atoms with Gasteiger partial charge in [-0.1, -0.05) is 51.7 Å². The number of benzene rings is 1. The van der Waals surface area contributed by atoms with E-state index in [1.165, 1.54) is 51.7 Å². The Morgan fingerprint density at radius 1 is 1.00 bits per heavy atom. The second-order valence-electron chi connectivity index (χ2n) is 7.15. The van der Waals surface area contributed by atoms with Crippen LogP contribution in [0.3, 0.4) is 0 Å². The van der Waals surface area contributed by atoms with Crippen molar-refractivity contribution in [2.45, 2.75) is 58.3 Å². The van der Waals surface area contributed by atoms with Crippen LogP contribution in [0, 0.1) is 6.92 Å². The number of rotatable bonds is 10. The third kappa shape index (κ3) is 16.0. The molecule has 1 aliphatic heterocycles. The minimum Gasteiger partial charge on any atom is -0.543 e. The highest BCUT2D eigenvalue weighted by molar-refractivity contribution is 6.25. The van der Waals surface area contributed by atoms with Gasteiger partial charge in [-0.2, -0.15) is 0 Å². The number of hydrogen-bond acceptors (Lipinski definition) is 8. The van der Waals surface area contributed by atoms with Gasteiger partial charge in [0, 0.05) is 0 Å². The zero-order valence-corrected chi connectivity index (χ0v) is 18.8. The normalized spacial score (nSPS) is 12.6. The molecule has 2 rings (SSSR count). The van der Waals surface area contributed by atoms with E-state index in [4.69, 9.17) is 24.5 Å². The van der Waals surface area contributed by atoms with Gasteiger partial charge in [0.2, 0.25) is 0 Å². The zero-order valence-electron chi connectivity index (χ0n) is 18.8. The number of anilines is 1. The first-order chi connectivity index (χ1) is 15.3. The van der Waals surface area contributed by atoms with Crippen LogP contribution < -0.4 is 25.4 Å². The second kappa shape index (κ2) is 18.9. The van der Waals surface area contributed by atoms with Gasteiger partial charge in [-0.05, 0) is 57.5 Å². The Balaban J connectivity index is 0.000000562. The molecule has 1 aliphatic rings. The van der Waals surface area contributed by atoms with E-state index in [1.807, 2.05) is 6.07 Å². The lowest BCUT2D eigenvalue weighted by atomic mass is 10.2. The quantitative estimate of drug-likeness (QED) is 0.402. The molecule has 1 aromatic carbocycles. The van der Waals surface area contributed by atoms with Crippen LogP contribution >= 0.6 is 0 Å². The molecule has 0 bridgehead atoms. The highest BCUT2D eigenvalue weighted by atomic mass is 16.5. The highest BCUT2D eigenvalue weighted by Gasteiger charge is 2.08. The van der Waals surface area contributed by atoms with Crippen molar-refractivity contribution >= 4 is 23.7 Å². The van der Waals surface area contributed by atoms with Crippen molar-refractivity contribution < 1.29 is 34.4 Å². The lowest BCUT2D eigenvalue weighted by Crippen LogP contribution is -2.42. The van der Waals surface area contributed by atoms with E-state index in [0.717, 1.165) is 19.3 Å². The van der Waals surface area contributed by atoms with E-state index >= 15 is 0 Å². The first-order valence-corrected chi connectivity index (χ1v) is 11.0. The molecule has 32 heavy (non-hydrogen) atoms. The molecule has 9 heteroatoms. The van der Waals surface area contributed by atoms with Gasteiger partial charge >= 0.3 is 0 Å². The van der Waals surface area contributed by atoms with Crippen molar-refractivity contribution in [1.29, 1.82) is 0 Å². The van der Waals surface area contributed by atoms with E-state index in [1.54, 1.807) is 18.2 Å². The van der Waals surface area contributed by atoms with Crippen LogP contribution in [0.2, 0.25) is 0 Å². The lowest BCUT2D eigenvalue weighted by molar-refractivity contribution is -0.345. The summed E-state index contributed by atoms with van der Waals surface area (Å²) in [6.07, 6.45) is 8.37. The maximum atomic E-state index is 10.5. The summed E-state index contributed by atoms with van der Waals surface area (Å²) in [4.78, 5) is 30.8. The number of hydrogen-bond donors (Lipinski definition) is 1. The number of carbonyl (C=O) groups is 3. The van der Waals surface area contributed by atoms with E-state index in [2.05, 4.69) is 24.1 Å². The molecule has 0 spiro atoms. The molecule has 1 N–H and O–H groups in total. The van der Waals surface area contributed by atoms with E-state index < -0.39 is 18.0 Å². The molecule has 9 nitrogen and oxygen atoms in total. The Bertz CT molecular complexity index is 649. The van der Waals surface area contributed by atoms with Crippen LogP contribution in [0.1, 0.15) is 58.3 Å². The number of nitrogens with one attached hydrogen (secondary N) is 1. The number of nitrogens with zero attached hydrogens (tertiary/aromatic N) is 1. The maximum Gasteiger partial charge on any atom is 0.142 e. The number of carbonyl (C=O) groups excluding carboxylic acids is 3. The predicted molar refractivity (Wildman–Crippen MR) is 115 cm³/mol. The van der Waals surface area contributed by atoms with Crippen molar-refractivity contribution in [1.82, 2.24) is 4.90 Å². The molecule has 1 aromatic rings. The topological polar surface area (TPSA) is 145 Å². The number of aliphatic carboxylic acids is 2. The average Bonchev–Trinajstić information content (AvgIpc) is 3.26. The fraction of sp³-hybridized carbons (Fsp3) is 0.565. The van der Waals surface area contributed by atoms with Crippen LogP contribution in [0.5, 0.6) is 5.75 Å². The number of para-hydroxylation sites is 2. The molecule has 0 atom stereocenters. The Morgan fingerprint density at radius 2 is 1.59 bits per heavy atom. The third-order valence-corrected chi connectivity index (χ3v) is 4.47. The predicted octanol–water partition coefficient (Wildman–Crippen LogP) is 0.584. The Kier molecular flexibility index (Phi) is 17.3. The van der Waals surface area contributed by atoms with Crippen molar-refractivity contribution in [2.24, 2.45) is 0 Å². The average molecular weight is 451 g/mol. The molecule has 0 aliphatic carbocycles. The van der Waals surface area contributed by atoms with Gasteiger partial charge in [0.25, 0.3) is 0 Å². The summed E-state index contributed by atoms with van der Waals surface area (Å²) >= 11 is 0. The first-order valence-electron chi connectivity index (χ1n) is 11.0. The van der Waals surface area contributed by atoms with Crippen LogP contribution in [0.25, 0.3) is 0 Å². The van der Waals surface area contributed by atoms with Crippen molar-refractivity contribution in [2.75, 3.05) is 31.6 Å². The number of likely N-dealkylation sites (tertiary alicyclic amines) is 1. The van der Waals surface area contributed by atoms with Gasteiger partial charge in [0.1, 0.15) is 11.8 Å². The third-order valence-electron chi connectivity index (χ3n) is 4.47. The van der Waals surface area contributed by atoms with Crippen LogP contribution in [-0.2, 0) is 9.59 Å². The number of unbranched alkanes of at least 4 members (excludes halogenated alkanes) is 4. The lowest BCUT2D eigenvalue weighted by Gasteiger charge is -2.13. The monoisotopic (exact) mass is 450 g/mol. The molecule has 0 aromatic heterocycles. The fourth-order valence-corrected chi connectivity index (χ4v) is 2.92. The maximum absolute atomic E-state index is 10.5. The van der Waals surface area contributed by atoms with Crippen molar-refractivity contribution in [3.63, 3.8) is 0 Å². The van der Waals surface area contributed by atoms with Gasteiger partial charge in [0.05, 0.1) is 24.2 Å². The minimum atomic E-state index is -2.19. The van der Waals surface area contributed by atoms with Gasteiger partial charge in [0.15, 0.2) is 0 Å². The Hall–Kier alpha value is -2.81. The van der Waals surface area contributed by atoms with Gasteiger partial charge in [-0.15, -0.1) is 0 Å². The summed E-state index contributed by atoms with van der Waals surface area (Å²) in [5.41, 5.74) is 0.436. The van der Waals surface area contributed by atoms with Crippen molar-refractivity contribution in [3.05, 3.63) is 31.2 Å².